The Morgan fingerprint density at radius 1 is 1.00 bits per heavy atom. The molecule has 0 aromatic rings. The van der Waals surface area contributed by atoms with Gasteiger partial charge in [0, 0.05) is 0 Å². The van der Waals surface area contributed by atoms with Gasteiger partial charge in [0.15, 0.2) is 11.6 Å². The van der Waals surface area contributed by atoms with Crippen LogP contribution in [-0.2, 0) is 9.59 Å². The number of alkyl halides is 2. The van der Waals surface area contributed by atoms with Crippen LogP contribution in [0.1, 0.15) is 0 Å². The van der Waals surface area contributed by atoms with Crippen molar-refractivity contribution in [3.8, 4) is 12.1 Å². The van der Waals surface area contributed by atoms with Crippen molar-refractivity contribution >= 4 is 34.8 Å². The summed E-state index contributed by atoms with van der Waals surface area (Å²) < 4.78 is 0. The third-order valence-corrected chi connectivity index (χ3v) is 3.05. The SMILES string of the molecule is N#CC1(Cl)C(=O)C=CC(=O)C1(Cl)C#N. The molecular weight excluding hydrogens is 227 g/mol. The summed E-state index contributed by atoms with van der Waals surface area (Å²) in [6, 6.07) is 2.78. The number of carbonyl (C=O) groups excluding carboxylic acids is 2. The lowest BCUT2D eigenvalue weighted by atomic mass is 9.81. The molecule has 0 radical (unpaired) electrons. The number of allylic oxidation sites excluding steroid dienone is 2. The Morgan fingerprint density at radius 3 is 1.50 bits per heavy atom. The molecule has 0 N–H and O–H groups in total. The fraction of sp³-hybridized carbons (Fsp3) is 0.250. The van der Waals surface area contributed by atoms with Crippen molar-refractivity contribution in [2.75, 3.05) is 0 Å². The maximum atomic E-state index is 11.2. The summed E-state index contributed by atoms with van der Waals surface area (Å²) in [4.78, 5) is 17.8. The summed E-state index contributed by atoms with van der Waals surface area (Å²) >= 11 is 11.2. The van der Waals surface area contributed by atoms with Crippen LogP contribution in [0.2, 0.25) is 0 Å². The molecule has 0 aliphatic heterocycles. The van der Waals surface area contributed by atoms with E-state index in [1.165, 1.54) is 12.1 Å². The molecule has 0 aromatic heterocycles. The average Bonchev–Trinajstić information content (AvgIpc) is 2.20. The minimum absolute atomic E-state index is 0.844. The summed E-state index contributed by atoms with van der Waals surface area (Å²) in [5, 5.41) is 17.4. The van der Waals surface area contributed by atoms with Crippen LogP contribution in [0.25, 0.3) is 0 Å². The molecule has 0 aromatic carbocycles. The minimum Gasteiger partial charge on any atom is -0.291 e. The van der Waals surface area contributed by atoms with Crippen LogP contribution in [0.5, 0.6) is 0 Å². The van der Waals surface area contributed by atoms with E-state index in [-0.39, 0.29) is 0 Å². The molecule has 70 valence electrons. The summed E-state index contributed by atoms with van der Waals surface area (Å²) in [5.74, 6) is -1.73. The zero-order valence-electron chi connectivity index (χ0n) is 6.62. The van der Waals surface area contributed by atoms with Gasteiger partial charge in [0.2, 0.25) is 9.75 Å². The smallest absolute Gasteiger partial charge is 0.232 e. The van der Waals surface area contributed by atoms with Gasteiger partial charge in [-0.1, -0.05) is 23.2 Å². The number of ketones is 2. The van der Waals surface area contributed by atoms with Gasteiger partial charge in [-0.05, 0) is 12.2 Å². The van der Waals surface area contributed by atoms with E-state index in [0.29, 0.717) is 0 Å². The van der Waals surface area contributed by atoms with E-state index in [1.807, 2.05) is 0 Å². The van der Waals surface area contributed by atoms with Gasteiger partial charge in [-0.25, -0.2) is 0 Å². The molecule has 1 aliphatic carbocycles. The molecule has 4 nitrogen and oxygen atoms in total. The Kier molecular flexibility index (Phi) is 2.37. The minimum atomic E-state index is -2.34. The first-order chi connectivity index (χ1) is 6.42. The molecule has 0 saturated carbocycles. The Morgan fingerprint density at radius 2 is 1.29 bits per heavy atom. The predicted molar refractivity (Wildman–Crippen MR) is 47.5 cm³/mol. The quantitative estimate of drug-likeness (QED) is 0.572. The van der Waals surface area contributed by atoms with Gasteiger partial charge in [0.25, 0.3) is 0 Å². The molecule has 0 fully saturated rings. The first kappa shape index (κ1) is 10.7. The van der Waals surface area contributed by atoms with Crippen molar-refractivity contribution in [2.24, 2.45) is 0 Å². The lowest BCUT2D eigenvalue weighted by Crippen LogP contribution is -2.56. The topological polar surface area (TPSA) is 81.7 Å². The second-order valence-corrected chi connectivity index (χ2v) is 3.74. The van der Waals surface area contributed by atoms with E-state index in [9.17, 15) is 9.59 Å². The van der Waals surface area contributed by atoms with Crippen molar-refractivity contribution in [2.45, 2.75) is 9.75 Å². The molecule has 0 amide bonds. The van der Waals surface area contributed by atoms with Crippen LogP contribution in [-0.4, -0.2) is 21.3 Å². The molecule has 1 aliphatic rings. The van der Waals surface area contributed by atoms with E-state index >= 15 is 0 Å². The van der Waals surface area contributed by atoms with Crippen LogP contribution in [0, 0.1) is 22.7 Å². The van der Waals surface area contributed by atoms with Crippen LogP contribution in [0.3, 0.4) is 0 Å². The van der Waals surface area contributed by atoms with Gasteiger partial charge in [-0.2, -0.15) is 10.5 Å². The maximum absolute atomic E-state index is 11.2. The highest BCUT2D eigenvalue weighted by Crippen LogP contribution is 2.39. The lowest BCUT2D eigenvalue weighted by molar-refractivity contribution is -0.123. The Labute approximate surface area is 89.3 Å². The molecule has 0 heterocycles. The van der Waals surface area contributed by atoms with Gasteiger partial charge in [0.05, 0.1) is 12.1 Å². The molecule has 0 spiro atoms. The zero-order chi connectivity index (χ0) is 11.0. The number of hydrogen-bond donors (Lipinski definition) is 0. The van der Waals surface area contributed by atoms with Crippen LogP contribution >= 0.6 is 23.2 Å². The molecular formula is C8H2Cl2N2O2. The van der Waals surface area contributed by atoms with Crippen LogP contribution in [0.15, 0.2) is 12.2 Å². The Bertz CT molecular complexity index is 392. The summed E-state index contributed by atoms with van der Waals surface area (Å²) in [6.45, 7) is 0. The largest absolute Gasteiger partial charge is 0.291 e. The van der Waals surface area contributed by atoms with Gasteiger partial charge in [0.1, 0.15) is 0 Å². The number of halogens is 2. The fourth-order valence-corrected chi connectivity index (χ4v) is 1.38. The van der Waals surface area contributed by atoms with Gasteiger partial charge < -0.3 is 0 Å². The molecule has 1 rings (SSSR count). The van der Waals surface area contributed by atoms with Crippen molar-refractivity contribution in [1.82, 2.24) is 0 Å². The highest BCUT2D eigenvalue weighted by Gasteiger charge is 2.61. The average molecular weight is 229 g/mol. The van der Waals surface area contributed by atoms with E-state index in [0.717, 1.165) is 12.2 Å². The molecule has 2 unspecified atom stereocenters. The van der Waals surface area contributed by atoms with Crippen molar-refractivity contribution in [3.63, 3.8) is 0 Å². The molecule has 0 bridgehead atoms. The van der Waals surface area contributed by atoms with Gasteiger partial charge >= 0.3 is 0 Å². The van der Waals surface area contributed by atoms with E-state index in [4.69, 9.17) is 33.7 Å². The molecule has 2 atom stereocenters. The molecule has 14 heavy (non-hydrogen) atoms. The zero-order valence-corrected chi connectivity index (χ0v) is 8.13. The van der Waals surface area contributed by atoms with Crippen molar-refractivity contribution in [1.29, 1.82) is 10.5 Å². The molecule has 0 saturated heterocycles. The highest BCUT2D eigenvalue weighted by molar-refractivity contribution is 6.55. The van der Waals surface area contributed by atoms with E-state index in [2.05, 4.69) is 0 Å². The third kappa shape index (κ3) is 1.05. The number of carbonyl (C=O) groups is 2. The maximum Gasteiger partial charge on any atom is 0.232 e. The fourth-order valence-electron chi connectivity index (χ4n) is 0.985. The van der Waals surface area contributed by atoms with Crippen LogP contribution < -0.4 is 0 Å². The summed E-state index contributed by atoms with van der Waals surface area (Å²) in [7, 11) is 0. The number of rotatable bonds is 0. The van der Waals surface area contributed by atoms with Gasteiger partial charge in [-0.3, -0.25) is 9.59 Å². The predicted octanol–water partition coefficient (Wildman–Crippen LogP) is 0.697. The van der Waals surface area contributed by atoms with Crippen LogP contribution in [0.4, 0.5) is 0 Å². The Hall–Kier alpha value is -1.36. The number of hydrogen-bond acceptors (Lipinski definition) is 4. The summed E-state index contributed by atoms with van der Waals surface area (Å²) in [6.07, 6.45) is 1.69. The molecule has 6 heteroatoms. The first-order valence-corrected chi connectivity index (χ1v) is 4.15. The number of nitrogens with zero attached hydrogens (tertiary/aromatic N) is 2. The third-order valence-electron chi connectivity index (χ3n) is 1.85. The normalized spacial score (nSPS) is 36.3. The van der Waals surface area contributed by atoms with E-state index < -0.39 is 21.3 Å². The Balaban J connectivity index is 3.50. The number of nitriles is 2. The first-order valence-electron chi connectivity index (χ1n) is 3.39. The van der Waals surface area contributed by atoms with Crippen molar-refractivity contribution in [3.05, 3.63) is 12.2 Å². The standard InChI is InChI=1S/C8H2Cl2N2O2/c9-7(3-11)5(13)1-2-6(14)8(7,10)4-12/h1-2H. The summed E-state index contributed by atoms with van der Waals surface area (Å²) in [5.41, 5.74) is 0. The van der Waals surface area contributed by atoms with Crippen molar-refractivity contribution < 1.29 is 9.59 Å². The monoisotopic (exact) mass is 228 g/mol. The van der Waals surface area contributed by atoms with E-state index in [1.54, 1.807) is 0 Å². The second-order valence-electron chi connectivity index (χ2n) is 2.60. The second kappa shape index (κ2) is 3.09. The highest BCUT2D eigenvalue weighted by atomic mass is 35.5. The van der Waals surface area contributed by atoms with Gasteiger partial charge in [-0.15, -0.1) is 0 Å². The lowest BCUT2D eigenvalue weighted by Gasteiger charge is -2.29.